The summed E-state index contributed by atoms with van der Waals surface area (Å²) in [7, 11) is 1.19. The SMILES string of the molecule is COC12Oc3ccc(O)cc3C1(O)C(=O)C=C(c1ccccc1)C2=O. The van der Waals surface area contributed by atoms with Crippen LogP contribution in [0, 0.1) is 0 Å². The smallest absolute Gasteiger partial charge is 0.316 e. The Morgan fingerprint density at radius 3 is 2.48 bits per heavy atom. The number of aromatic hydroxyl groups is 1. The van der Waals surface area contributed by atoms with Crippen molar-refractivity contribution in [2.24, 2.45) is 0 Å². The molecular weight excluding hydrogens is 324 g/mol. The van der Waals surface area contributed by atoms with Gasteiger partial charge in [0, 0.05) is 18.2 Å². The van der Waals surface area contributed by atoms with Gasteiger partial charge in [0.1, 0.15) is 11.5 Å². The molecule has 2 aromatic carbocycles. The average molecular weight is 338 g/mol. The highest BCUT2D eigenvalue weighted by atomic mass is 16.7. The van der Waals surface area contributed by atoms with Crippen LogP contribution in [0.5, 0.6) is 11.5 Å². The number of rotatable bonds is 2. The number of carbonyl (C=O) groups is 2. The van der Waals surface area contributed by atoms with Gasteiger partial charge in [-0.3, -0.25) is 9.59 Å². The Bertz CT molecular complexity index is 932. The van der Waals surface area contributed by atoms with Gasteiger partial charge in [0.05, 0.1) is 0 Å². The number of benzene rings is 2. The highest BCUT2D eigenvalue weighted by Crippen LogP contribution is 2.53. The molecule has 1 heterocycles. The highest BCUT2D eigenvalue weighted by molar-refractivity contribution is 6.33. The number of phenolic OH excluding ortho intramolecular Hbond substituents is 1. The van der Waals surface area contributed by atoms with Crippen LogP contribution < -0.4 is 4.74 Å². The Balaban J connectivity index is 1.97. The highest BCUT2D eigenvalue weighted by Gasteiger charge is 2.71. The molecule has 0 amide bonds. The lowest BCUT2D eigenvalue weighted by Gasteiger charge is -2.39. The first kappa shape index (κ1) is 15.6. The summed E-state index contributed by atoms with van der Waals surface area (Å²) in [5.74, 6) is -3.72. The fourth-order valence-electron chi connectivity index (χ4n) is 3.39. The molecular formula is C19H14O6. The molecule has 0 radical (unpaired) electrons. The van der Waals surface area contributed by atoms with E-state index in [1.807, 2.05) is 0 Å². The molecule has 1 aliphatic carbocycles. The van der Waals surface area contributed by atoms with Gasteiger partial charge in [-0.2, -0.15) is 0 Å². The second-order valence-corrected chi connectivity index (χ2v) is 5.93. The zero-order chi connectivity index (χ0) is 17.8. The van der Waals surface area contributed by atoms with Crippen molar-refractivity contribution in [2.45, 2.75) is 11.4 Å². The lowest BCUT2D eigenvalue weighted by molar-refractivity contribution is -0.237. The van der Waals surface area contributed by atoms with E-state index in [9.17, 15) is 19.8 Å². The maximum Gasteiger partial charge on any atom is 0.316 e. The third-order valence-corrected chi connectivity index (χ3v) is 4.63. The van der Waals surface area contributed by atoms with Crippen LogP contribution in [0.15, 0.2) is 54.6 Å². The van der Waals surface area contributed by atoms with E-state index in [-0.39, 0.29) is 22.6 Å². The van der Waals surface area contributed by atoms with E-state index in [1.54, 1.807) is 30.3 Å². The van der Waals surface area contributed by atoms with E-state index in [0.717, 1.165) is 6.08 Å². The first-order valence-corrected chi connectivity index (χ1v) is 7.60. The van der Waals surface area contributed by atoms with Gasteiger partial charge in [-0.1, -0.05) is 30.3 Å². The van der Waals surface area contributed by atoms with Crippen LogP contribution in [0.1, 0.15) is 11.1 Å². The number of phenols is 1. The standard InChI is InChI=1S/C19H14O6/c1-24-19-17(22)13(11-5-3-2-4-6-11)10-16(21)18(19,23)14-9-12(20)7-8-15(14)25-19/h2-10,20,23H,1H3. The number of hydrogen-bond acceptors (Lipinski definition) is 6. The summed E-state index contributed by atoms with van der Waals surface area (Å²) >= 11 is 0. The molecule has 0 spiro atoms. The summed E-state index contributed by atoms with van der Waals surface area (Å²) < 4.78 is 10.9. The van der Waals surface area contributed by atoms with E-state index in [4.69, 9.17) is 9.47 Å². The van der Waals surface area contributed by atoms with E-state index in [0.29, 0.717) is 5.56 Å². The molecule has 4 rings (SSSR count). The van der Waals surface area contributed by atoms with Crippen molar-refractivity contribution in [3.8, 4) is 11.5 Å². The lowest BCUT2D eigenvalue weighted by atomic mass is 9.73. The molecule has 6 heteroatoms. The maximum atomic E-state index is 13.2. The minimum absolute atomic E-state index is 0.00365. The molecule has 2 aromatic rings. The summed E-state index contributed by atoms with van der Waals surface area (Å²) in [4.78, 5) is 26.0. The van der Waals surface area contributed by atoms with Crippen LogP contribution >= 0.6 is 0 Å². The molecule has 0 saturated carbocycles. The predicted molar refractivity (Wildman–Crippen MR) is 86.8 cm³/mol. The van der Waals surface area contributed by atoms with E-state index in [1.165, 1.54) is 25.3 Å². The van der Waals surface area contributed by atoms with Crippen molar-refractivity contribution in [1.29, 1.82) is 0 Å². The summed E-state index contributed by atoms with van der Waals surface area (Å²) in [6, 6.07) is 12.5. The molecule has 2 N–H and O–H groups in total. The maximum absolute atomic E-state index is 13.2. The van der Waals surface area contributed by atoms with E-state index in [2.05, 4.69) is 0 Å². The molecule has 0 saturated heterocycles. The quantitative estimate of drug-likeness (QED) is 0.863. The summed E-state index contributed by atoms with van der Waals surface area (Å²) in [6.45, 7) is 0. The van der Waals surface area contributed by atoms with Gasteiger partial charge in [0.15, 0.2) is 5.78 Å². The molecule has 2 unspecified atom stereocenters. The van der Waals surface area contributed by atoms with Crippen LogP contribution in [0.4, 0.5) is 0 Å². The molecule has 2 aliphatic rings. The van der Waals surface area contributed by atoms with Crippen molar-refractivity contribution in [1.82, 2.24) is 0 Å². The molecule has 126 valence electrons. The zero-order valence-electron chi connectivity index (χ0n) is 13.2. The van der Waals surface area contributed by atoms with Crippen LogP contribution in [0.2, 0.25) is 0 Å². The number of hydrogen-bond donors (Lipinski definition) is 2. The Labute approximate surface area is 142 Å². The fraction of sp³-hybridized carbons (Fsp3) is 0.158. The topological polar surface area (TPSA) is 93.1 Å². The Morgan fingerprint density at radius 2 is 1.80 bits per heavy atom. The van der Waals surface area contributed by atoms with Gasteiger partial charge >= 0.3 is 5.79 Å². The summed E-state index contributed by atoms with van der Waals surface area (Å²) in [5, 5.41) is 20.9. The first-order chi connectivity index (χ1) is 11.9. The number of carbonyl (C=O) groups excluding carboxylic acids is 2. The Kier molecular flexibility index (Phi) is 3.12. The normalized spacial score (nSPS) is 27.4. The third-order valence-electron chi connectivity index (χ3n) is 4.63. The fourth-order valence-corrected chi connectivity index (χ4v) is 3.39. The van der Waals surface area contributed by atoms with Crippen LogP contribution in [0.25, 0.3) is 5.57 Å². The number of ketones is 2. The van der Waals surface area contributed by atoms with Crippen LogP contribution in [0.3, 0.4) is 0 Å². The van der Waals surface area contributed by atoms with Gasteiger partial charge in [-0.15, -0.1) is 0 Å². The molecule has 25 heavy (non-hydrogen) atoms. The first-order valence-electron chi connectivity index (χ1n) is 7.60. The monoisotopic (exact) mass is 338 g/mol. The van der Waals surface area contributed by atoms with E-state index >= 15 is 0 Å². The second-order valence-electron chi connectivity index (χ2n) is 5.93. The average Bonchev–Trinajstić information content (AvgIpc) is 2.90. The minimum Gasteiger partial charge on any atom is -0.508 e. The predicted octanol–water partition coefficient (Wildman–Crippen LogP) is 1.55. The number of aliphatic hydroxyl groups is 1. The third kappa shape index (κ3) is 1.80. The number of methoxy groups -OCH3 is 1. The lowest BCUT2D eigenvalue weighted by Crippen LogP contribution is -2.64. The van der Waals surface area contributed by atoms with Gasteiger partial charge in [0.25, 0.3) is 0 Å². The molecule has 1 aliphatic heterocycles. The largest absolute Gasteiger partial charge is 0.508 e. The molecule has 2 atom stereocenters. The molecule has 0 bridgehead atoms. The van der Waals surface area contributed by atoms with Crippen molar-refractivity contribution < 1.29 is 29.3 Å². The van der Waals surface area contributed by atoms with Crippen LogP contribution in [-0.2, 0) is 19.9 Å². The van der Waals surface area contributed by atoms with Crippen molar-refractivity contribution in [3.63, 3.8) is 0 Å². The van der Waals surface area contributed by atoms with Gasteiger partial charge in [0.2, 0.25) is 11.4 Å². The van der Waals surface area contributed by atoms with Crippen molar-refractivity contribution in [2.75, 3.05) is 7.11 Å². The zero-order valence-corrected chi connectivity index (χ0v) is 13.2. The minimum atomic E-state index is -2.37. The van der Waals surface area contributed by atoms with E-state index < -0.39 is 23.0 Å². The molecule has 6 nitrogen and oxygen atoms in total. The molecule has 0 fully saturated rings. The number of fused-ring (bicyclic) bond motifs is 3. The summed E-state index contributed by atoms with van der Waals surface area (Å²) in [6.07, 6.45) is 1.09. The van der Waals surface area contributed by atoms with Crippen molar-refractivity contribution >= 4 is 17.1 Å². The molecule has 0 aromatic heterocycles. The summed E-state index contributed by atoms with van der Waals surface area (Å²) in [5.41, 5.74) is -1.77. The Hall–Kier alpha value is -2.96. The van der Waals surface area contributed by atoms with Crippen LogP contribution in [-0.4, -0.2) is 34.7 Å². The van der Waals surface area contributed by atoms with Gasteiger partial charge < -0.3 is 19.7 Å². The number of ether oxygens (including phenoxy) is 2. The second kappa shape index (κ2) is 5.02. The van der Waals surface area contributed by atoms with Crippen molar-refractivity contribution in [3.05, 3.63) is 65.7 Å². The number of Topliss-reactive ketones (excluding diaryl/α,β-unsaturated/α-hetero) is 1. The van der Waals surface area contributed by atoms with Gasteiger partial charge in [-0.05, 0) is 29.8 Å². The Morgan fingerprint density at radius 1 is 1.08 bits per heavy atom. The van der Waals surface area contributed by atoms with Gasteiger partial charge in [-0.25, -0.2) is 0 Å².